The summed E-state index contributed by atoms with van der Waals surface area (Å²) in [7, 11) is 3.07. The van der Waals surface area contributed by atoms with E-state index in [1.54, 1.807) is 19.2 Å². The van der Waals surface area contributed by atoms with Crippen LogP contribution in [0.3, 0.4) is 0 Å². The van der Waals surface area contributed by atoms with E-state index in [1.807, 2.05) is 0 Å². The highest BCUT2D eigenvalue weighted by Gasteiger charge is 2.41. The summed E-state index contributed by atoms with van der Waals surface area (Å²) in [6, 6.07) is 4.79. The van der Waals surface area contributed by atoms with Gasteiger partial charge < -0.3 is 14.6 Å². The SMILES string of the molecule is COCCCC1(C(=O)O)CCCN(Cc2ccc(F)c(OC)c2)C1. The zero-order valence-electron chi connectivity index (χ0n) is 14.4. The van der Waals surface area contributed by atoms with Crippen molar-refractivity contribution in [2.45, 2.75) is 32.2 Å². The molecule has 1 aliphatic rings. The Morgan fingerprint density at radius 2 is 2.21 bits per heavy atom. The van der Waals surface area contributed by atoms with Gasteiger partial charge in [0.25, 0.3) is 0 Å². The second kappa shape index (κ2) is 8.44. The molecule has 1 N–H and O–H groups in total. The standard InChI is InChI=1S/C18H26FNO4/c1-23-10-4-8-18(17(21)22)7-3-9-20(13-18)12-14-5-6-15(19)16(11-14)24-2/h5-6,11H,3-4,7-10,12-13H2,1-2H3,(H,21,22). The number of likely N-dealkylation sites (tertiary alicyclic amines) is 1. The average Bonchev–Trinajstić information content (AvgIpc) is 2.57. The number of hydrogen-bond donors (Lipinski definition) is 1. The number of hydrogen-bond acceptors (Lipinski definition) is 4. The molecule has 2 rings (SSSR count). The Labute approximate surface area is 142 Å². The van der Waals surface area contributed by atoms with Gasteiger partial charge in [-0.2, -0.15) is 0 Å². The first kappa shape index (κ1) is 18.7. The molecule has 1 heterocycles. The normalized spacial score (nSPS) is 21.6. The summed E-state index contributed by atoms with van der Waals surface area (Å²) in [5.74, 6) is -0.909. The van der Waals surface area contributed by atoms with Crippen molar-refractivity contribution in [3.05, 3.63) is 29.6 Å². The molecular formula is C18H26FNO4. The number of aliphatic carboxylic acids is 1. The van der Waals surface area contributed by atoms with Crippen molar-refractivity contribution in [3.8, 4) is 5.75 Å². The van der Waals surface area contributed by atoms with Gasteiger partial charge in [-0.1, -0.05) is 6.07 Å². The lowest BCUT2D eigenvalue weighted by atomic mass is 9.76. The fraction of sp³-hybridized carbons (Fsp3) is 0.611. The summed E-state index contributed by atoms with van der Waals surface area (Å²) in [4.78, 5) is 14.0. The molecule has 1 aliphatic heterocycles. The van der Waals surface area contributed by atoms with E-state index in [0.717, 1.165) is 24.9 Å². The summed E-state index contributed by atoms with van der Waals surface area (Å²) in [6.07, 6.45) is 2.88. The van der Waals surface area contributed by atoms with E-state index in [-0.39, 0.29) is 11.6 Å². The Kier molecular flexibility index (Phi) is 6.57. The van der Waals surface area contributed by atoms with Gasteiger partial charge in [-0.05, 0) is 49.9 Å². The first-order valence-corrected chi connectivity index (χ1v) is 8.28. The molecule has 1 atom stereocenters. The number of halogens is 1. The zero-order valence-corrected chi connectivity index (χ0v) is 14.4. The molecule has 0 aromatic heterocycles. The number of ether oxygens (including phenoxy) is 2. The lowest BCUT2D eigenvalue weighted by Gasteiger charge is -2.40. The van der Waals surface area contributed by atoms with Gasteiger partial charge >= 0.3 is 5.97 Å². The minimum Gasteiger partial charge on any atom is -0.494 e. The van der Waals surface area contributed by atoms with Crippen LogP contribution in [0.1, 0.15) is 31.2 Å². The number of benzene rings is 1. The van der Waals surface area contributed by atoms with Crippen molar-refractivity contribution in [2.24, 2.45) is 5.41 Å². The van der Waals surface area contributed by atoms with E-state index >= 15 is 0 Å². The van der Waals surface area contributed by atoms with Crippen molar-refractivity contribution in [3.63, 3.8) is 0 Å². The molecule has 1 unspecified atom stereocenters. The first-order chi connectivity index (χ1) is 11.5. The summed E-state index contributed by atoms with van der Waals surface area (Å²) in [5.41, 5.74) is 0.201. The number of piperidine rings is 1. The van der Waals surface area contributed by atoms with Gasteiger partial charge in [0.05, 0.1) is 12.5 Å². The van der Waals surface area contributed by atoms with Gasteiger partial charge in [0.2, 0.25) is 0 Å². The van der Waals surface area contributed by atoms with Crippen LogP contribution in [0.5, 0.6) is 5.75 Å². The Balaban J connectivity index is 2.07. The van der Waals surface area contributed by atoms with Gasteiger partial charge in [-0.25, -0.2) is 4.39 Å². The third-order valence-electron chi connectivity index (χ3n) is 4.74. The summed E-state index contributed by atoms with van der Waals surface area (Å²) in [6.45, 7) is 2.52. The molecule has 0 radical (unpaired) electrons. The number of nitrogens with zero attached hydrogens (tertiary/aromatic N) is 1. The van der Waals surface area contributed by atoms with E-state index in [1.165, 1.54) is 13.2 Å². The maximum atomic E-state index is 13.5. The lowest BCUT2D eigenvalue weighted by Crippen LogP contribution is -2.47. The fourth-order valence-corrected chi connectivity index (χ4v) is 3.46. The van der Waals surface area contributed by atoms with Crippen LogP contribution in [-0.4, -0.2) is 49.9 Å². The molecule has 6 heteroatoms. The second-order valence-electron chi connectivity index (χ2n) is 6.46. The molecule has 0 bridgehead atoms. The van der Waals surface area contributed by atoms with E-state index in [2.05, 4.69) is 4.90 Å². The largest absolute Gasteiger partial charge is 0.494 e. The van der Waals surface area contributed by atoms with Crippen molar-refractivity contribution in [1.82, 2.24) is 4.90 Å². The quantitative estimate of drug-likeness (QED) is 0.738. The monoisotopic (exact) mass is 339 g/mol. The molecule has 1 saturated heterocycles. The van der Waals surface area contributed by atoms with Crippen molar-refractivity contribution < 1.29 is 23.8 Å². The van der Waals surface area contributed by atoms with Crippen molar-refractivity contribution in [2.75, 3.05) is 33.9 Å². The Morgan fingerprint density at radius 3 is 2.88 bits per heavy atom. The number of methoxy groups -OCH3 is 2. The fourth-order valence-electron chi connectivity index (χ4n) is 3.46. The predicted octanol–water partition coefficient (Wildman–Crippen LogP) is 2.93. The molecule has 0 spiro atoms. The van der Waals surface area contributed by atoms with Gasteiger partial charge in [0, 0.05) is 26.8 Å². The molecule has 24 heavy (non-hydrogen) atoms. The van der Waals surface area contributed by atoms with Gasteiger partial charge in [-0.15, -0.1) is 0 Å². The molecule has 0 aliphatic carbocycles. The highest BCUT2D eigenvalue weighted by Crippen LogP contribution is 2.36. The highest BCUT2D eigenvalue weighted by atomic mass is 19.1. The van der Waals surface area contributed by atoms with Crippen LogP contribution in [0.15, 0.2) is 18.2 Å². The summed E-state index contributed by atoms with van der Waals surface area (Å²) >= 11 is 0. The molecule has 5 nitrogen and oxygen atoms in total. The molecule has 134 valence electrons. The summed E-state index contributed by atoms with van der Waals surface area (Å²) in [5, 5.41) is 9.75. The van der Waals surface area contributed by atoms with E-state index in [0.29, 0.717) is 32.5 Å². The average molecular weight is 339 g/mol. The Hall–Kier alpha value is -1.66. The van der Waals surface area contributed by atoms with Crippen LogP contribution in [0, 0.1) is 11.2 Å². The highest BCUT2D eigenvalue weighted by molar-refractivity contribution is 5.75. The number of carboxylic acid groups (broad SMARTS) is 1. The van der Waals surface area contributed by atoms with E-state index < -0.39 is 11.4 Å². The minimum atomic E-state index is -0.736. The molecular weight excluding hydrogens is 313 g/mol. The molecule has 1 aromatic rings. The van der Waals surface area contributed by atoms with Crippen molar-refractivity contribution >= 4 is 5.97 Å². The minimum absolute atomic E-state index is 0.217. The topological polar surface area (TPSA) is 59.0 Å². The second-order valence-corrected chi connectivity index (χ2v) is 6.46. The molecule has 0 amide bonds. The number of carbonyl (C=O) groups is 1. The maximum Gasteiger partial charge on any atom is 0.310 e. The number of carboxylic acids is 1. The van der Waals surface area contributed by atoms with Gasteiger partial charge in [0.15, 0.2) is 11.6 Å². The van der Waals surface area contributed by atoms with Crippen LogP contribution < -0.4 is 4.74 Å². The van der Waals surface area contributed by atoms with Gasteiger partial charge in [-0.3, -0.25) is 9.69 Å². The first-order valence-electron chi connectivity index (χ1n) is 8.28. The predicted molar refractivity (Wildman–Crippen MR) is 88.6 cm³/mol. The smallest absolute Gasteiger partial charge is 0.310 e. The van der Waals surface area contributed by atoms with Crippen LogP contribution in [-0.2, 0) is 16.1 Å². The maximum absolute atomic E-state index is 13.5. The Bertz CT molecular complexity index is 566. The van der Waals surface area contributed by atoms with E-state index in [9.17, 15) is 14.3 Å². The molecule has 1 aromatic carbocycles. The molecule has 1 fully saturated rings. The van der Waals surface area contributed by atoms with Crippen LogP contribution in [0.4, 0.5) is 4.39 Å². The van der Waals surface area contributed by atoms with Crippen molar-refractivity contribution in [1.29, 1.82) is 0 Å². The Morgan fingerprint density at radius 1 is 1.42 bits per heavy atom. The lowest BCUT2D eigenvalue weighted by molar-refractivity contribution is -0.153. The van der Waals surface area contributed by atoms with Crippen LogP contribution in [0.2, 0.25) is 0 Å². The summed E-state index contributed by atoms with van der Waals surface area (Å²) < 4.78 is 23.6. The molecule has 0 saturated carbocycles. The van der Waals surface area contributed by atoms with Crippen LogP contribution in [0.25, 0.3) is 0 Å². The van der Waals surface area contributed by atoms with E-state index in [4.69, 9.17) is 9.47 Å². The zero-order chi connectivity index (χ0) is 17.6. The van der Waals surface area contributed by atoms with Gasteiger partial charge in [0.1, 0.15) is 0 Å². The number of rotatable bonds is 8. The third kappa shape index (κ3) is 4.45. The third-order valence-corrected chi connectivity index (χ3v) is 4.74. The van der Waals surface area contributed by atoms with Crippen LogP contribution >= 0.6 is 0 Å².